The van der Waals surface area contributed by atoms with Gasteiger partial charge in [0, 0.05) is 49.6 Å². The lowest BCUT2D eigenvalue weighted by Gasteiger charge is -2.31. The van der Waals surface area contributed by atoms with Crippen LogP contribution in [0.15, 0.2) is 42.5 Å². The maximum atomic E-state index is 12.8. The number of hydrogen-bond donors (Lipinski definition) is 1. The summed E-state index contributed by atoms with van der Waals surface area (Å²) in [6, 6.07) is 12.4. The minimum Gasteiger partial charge on any atom is -0.497 e. The first-order valence-electron chi connectivity index (χ1n) is 10.4. The van der Waals surface area contributed by atoms with Crippen LogP contribution in [-0.4, -0.2) is 58.1 Å². The maximum absolute atomic E-state index is 12.8. The van der Waals surface area contributed by atoms with Gasteiger partial charge < -0.3 is 19.3 Å². The molecule has 32 heavy (non-hydrogen) atoms. The molecule has 1 unspecified atom stereocenters. The molecule has 2 aromatic carbocycles. The fourth-order valence-electron chi connectivity index (χ4n) is 4.86. The monoisotopic (exact) mass is 433 g/mol. The molecule has 2 aliphatic heterocycles. The van der Waals surface area contributed by atoms with Crippen LogP contribution < -0.4 is 4.74 Å². The van der Waals surface area contributed by atoms with Gasteiger partial charge in [0.05, 0.1) is 24.7 Å². The topological polar surface area (TPSA) is 92.1 Å². The zero-order valence-electron chi connectivity index (χ0n) is 17.9. The number of amides is 3. The second kappa shape index (κ2) is 7.40. The van der Waals surface area contributed by atoms with Crippen molar-refractivity contribution in [2.24, 2.45) is 0 Å². The molecule has 1 atom stereocenters. The van der Waals surface area contributed by atoms with E-state index in [1.807, 2.05) is 18.2 Å². The summed E-state index contributed by atoms with van der Waals surface area (Å²) in [6.45, 7) is 1.43. The van der Waals surface area contributed by atoms with Crippen LogP contribution >= 0.6 is 0 Å². The first-order valence-corrected chi connectivity index (χ1v) is 10.4. The van der Waals surface area contributed by atoms with Gasteiger partial charge in [-0.1, -0.05) is 12.1 Å². The number of carboxylic acids is 1. The maximum Gasteiger partial charge on any atom is 0.335 e. The Kier molecular flexibility index (Phi) is 4.65. The highest BCUT2D eigenvalue weighted by molar-refractivity contribution is 5.97. The molecule has 8 nitrogen and oxygen atoms in total. The molecule has 1 N–H and O–H groups in total. The van der Waals surface area contributed by atoms with Crippen LogP contribution in [-0.2, 0) is 17.9 Å². The summed E-state index contributed by atoms with van der Waals surface area (Å²) in [6.07, 6.45) is 0.282. The van der Waals surface area contributed by atoms with E-state index in [0.717, 1.165) is 33.5 Å². The third-order valence-electron chi connectivity index (χ3n) is 6.51. The number of nitrogens with zero attached hydrogens (tertiary/aromatic N) is 3. The number of carbonyl (C=O) groups excluding carboxylic acids is 2. The largest absolute Gasteiger partial charge is 0.497 e. The number of rotatable bonds is 4. The van der Waals surface area contributed by atoms with Crippen molar-refractivity contribution in [1.29, 1.82) is 0 Å². The third-order valence-corrected chi connectivity index (χ3v) is 6.51. The Bertz CT molecular complexity index is 1260. The molecule has 0 saturated carbocycles. The minimum absolute atomic E-state index is 0.0771. The van der Waals surface area contributed by atoms with Crippen molar-refractivity contribution in [3.63, 3.8) is 0 Å². The van der Waals surface area contributed by atoms with Crippen LogP contribution in [0.25, 0.3) is 10.9 Å². The summed E-state index contributed by atoms with van der Waals surface area (Å²) < 4.78 is 7.61. The van der Waals surface area contributed by atoms with E-state index in [0.29, 0.717) is 19.6 Å². The van der Waals surface area contributed by atoms with Crippen molar-refractivity contribution < 1.29 is 24.2 Å². The number of imide groups is 1. The molecule has 1 aromatic heterocycles. The van der Waals surface area contributed by atoms with E-state index in [4.69, 9.17) is 4.74 Å². The van der Waals surface area contributed by atoms with Gasteiger partial charge in [-0.15, -0.1) is 0 Å². The quantitative estimate of drug-likeness (QED) is 0.682. The van der Waals surface area contributed by atoms with Gasteiger partial charge in [0.15, 0.2) is 0 Å². The van der Waals surface area contributed by atoms with Crippen LogP contribution in [0.2, 0.25) is 0 Å². The second-order valence-electron chi connectivity index (χ2n) is 8.35. The lowest BCUT2D eigenvalue weighted by atomic mass is 9.89. The van der Waals surface area contributed by atoms with Crippen molar-refractivity contribution in [1.82, 2.24) is 14.4 Å². The highest BCUT2D eigenvalue weighted by Gasteiger charge is 2.40. The van der Waals surface area contributed by atoms with Gasteiger partial charge >= 0.3 is 12.0 Å². The lowest BCUT2D eigenvalue weighted by Crippen LogP contribution is -2.43. The molecule has 5 rings (SSSR count). The number of aromatic carboxylic acids is 1. The van der Waals surface area contributed by atoms with E-state index >= 15 is 0 Å². The van der Waals surface area contributed by atoms with Gasteiger partial charge in [-0.3, -0.25) is 9.69 Å². The van der Waals surface area contributed by atoms with E-state index in [1.165, 1.54) is 11.9 Å². The first-order chi connectivity index (χ1) is 15.4. The Hall–Kier alpha value is -3.81. The van der Waals surface area contributed by atoms with Crippen molar-refractivity contribution >= 4 is 28.8 Å². The number of hydrogen-bond acceptors (Lipinski definition) is 4. The number of carbonyl (C=O) groups is 3. The average Bonchev–Trinajstić information content (AvgIpc) is 3.07. The molecular formula is C24H23N3O5. The highest BCUT2D eigenvalue weighted by Crippen LogP contribution is 2.41. The number of fused-ring (bicyclic) bond motifs is 6. The van der Waals surface area contributed by atoms with Gasteiger partial charge in [-0.2, -0.15) is 0 Å². The zero-order valence-corrected chi connectivity index (χ0v) is 17.9. The van der Waals surface area contributed by atoms with Gasteiger partial charge in [0.2, 0.25) is 5.91 Å². The van der Waals surface area contributed by atoms with E-state index in [-0.39, 0.29) is 29.8 Å². The second-order valence-corrected chi connectivity index (χ2v) is 8.35. The van der Waals surface area contributed by atoms with Crippen LogP contribution in [0.5, 0.6) is 5.75 Å². The average molecular weight is 433 g/mol. The van der Waals surface area contributed by atoms with Crippen molar-refractivity contribution in [2.45, 2.75) is 25.4 Å². The van der Waals surface area contributed by atoms with Crippen LogP contribution in [0, 0.1) is 0 Å². The molecule has 3 heterocycles. The molecular weight excluding hydrogens is 410 g/mol. The molecule has 0 spiro atoms. The lowest BCUT2D eigenvalue weighted by molar-refractivity contribution is -0.127. The normalized spacial score (nSPS) is 18.0. The van der Waals surface area contributed by atoms with Gasteiger partial charge in [-0.05, 0) is 35.4 Å². The highest BCUT2D eigenvalue weighted by atomic mass is 16.5. The molecule has 3 aromatic rings. The summed E-state index contributed by atoms with van der Waals surface area (Å²) >= 11 is 0. The van der Waals surface area contributed by atoms with E-state index < -0.39 is 5.97 Å². The molecule has 0 radical (unpaired) electrons. The van der Waals surface area contributed by atoms with Crippen molar-refractivity contribution in [3.8, 4) is 5.75 Å². The van der Waals surface area contributed by atoms with Gasteiger partial charge in [0.1, 0.15) is 5.75 Å². The van der Waals surface area contributed by atoms with E-state index in [2.05, 4.69) is 4.57 Å². The number of urea groups is 1. The Morgan fingerprint density at radius 3 is 2.59 bits per heavy atom. The predicted molar refractivity (Wildman–Crippen MR) is 117 cm³/mol. The van der Waals surface area contributed by atoms with Crippen LogP contribution in [0.1, 0.15) is 39.5 Å². The predicted octanol–water partition coefficient (Wildman–Crippen LogP) is 3.28. The zero-order chi connectivity index (χ0) is 22.6. The summed E-state index contributed by atoms with van der Waals surface area (Å²) in [4.78, 5) is 39.6. The molecule has 0 aliphatic carbocycles. The molecule has 3 amide bonds. The summed E-state index contributed by atoms with van der Waals surface area (Å²) in [7, 11) is 3.16. The Morgan fingerprint density at radius 2 is 1.91 bits per heavy atom. The van der Waals surface area contributed by atoms with Gasteiger partial charge in [0.25, 0.3) is 0 Å². The minimum atomic E-state index is -0.964. The molecule has 1 saturated heterocycles. The molecule has 1 fully saturated rings. The summed E-state index contributed by atoms with van der Waals surface area (Å²) in [5.41, 5.74) is 4.26. The van der Waals surface area contributed by atoms with Crippen LogP contribution in [0.3, 0.4) is 0 Å². The van der Waals surface area contributed by atoms with E-state index in [9.17, 15) is 19.5 Å². The number of benzene rings is 2. The number of ether oxygens (including phenoxy) is 1. The fourth-order valence-corrected chi connectivity index (χ4v) is 4.86. The molecule has 164 valence electrons. The Balaban J connectivity index is 1.67. The van der Waals surface area contributed by atoms with Crippen LogP contribution in [0.4, 0.5) is 4.79 Å². The number of carboxylic acid groups (broad SMARTS) is 1. The van der Waals surface area contributed by atoms with Gasteiger partial charge in [-0.25, -0.2) is 9.59 Å². The number of methoxy groups -OCH3 is 1. The number of aromatic nitrogens is 1. The fraction of sp³-hybridized carbons (Fsp3) is 0.292. The third kappa shape index (κ3) is 3.10. The molecule has 2 aliphatic rings. The Labute approximate surface area is 184 Å². The van der Waals surface area contributed by atoms with Crippen molar-refractivity contribution in [2.75, 3.05) is 20.7 Å². The summed E-state index contributed by atoms with van der Waals surface area (Å²) in [5.74, 6) is -0.489. The Morgan fingerprint density at radius 1 is 1.16 bits per heavy atom. The van der Waals surface area contributed by atoms with Crippen molar-refractivity contribution in [3.05, 3.63) is 64.8 Å². The van der Waals surface area contributed by atoms with E-state index in [1.54, 1.807) is 36.3 Å². The first kappa shape index (κ1) is 20.1. The smallest absolute Gasteiger partial charge is 0.335 e. The molecule has 8 heteroatoms. The SMILES string of the molecule is COc1ccc2c3c(n(Cc4ccc(C(=O)O)cc4)c2c1)CN1CC3CC(=O)N(C)C1=O. The summed E-state index contributed by atoms with van der Waals surface area (Å²) in [5, 5.41) is 10.2. The molecule has 2 bridgehead atoms. The standard InChI is InChI=1S/C24H23N3O5/c1-25-21(28)9-16-12-26(24(25)31)13-20-22(16)18-8-7-17(32-2)10-19(18)27(20)11-14-3-5-15(6-4-14)23(29)30/h3-8,10,16H,9,11-13H2,1-2H3,(H,29,30).